The molecule has 3 aromatic carbocycles. The third kappa shape index (κ3) is 6.32. The van der Waals surface area contributed by atoms with Crippen molar-refractivity contribution in [1.82, 2.24) is 4.90 Å². The number of carbonyl (C=O) groups is 4. The number of carbonyl (C=O) groups excluding carboxylic acids is 4. The summed E-state index contributed by atoms with van der Waals surface area (Å²) in [5.41, 5.74) is 1.43. The summed E-state index contributed by atoms with van der Waals surface area (Å²) in [5.74, 6) is -1.39. The van der Waals surface area contributed by atoms with Crippen molar-refractivity contribution >= 4 is 49.5 Å². The van der Waals surface area contributed by atoms with E-state index in [0.29, 0.717) is 35.7 Å². The molecule has 4 amide bonds. The van der Waals surface area contributed by atoms with Crippen LogP contribution >= 0.6 is 0 Å². The van der Waals surface area contributed by atoms with Gasteiger partial charge in [0.1, 0.15) is 13.2 Å². The number of cyclic esters (lactones) is 2. The van der Waals surface area contributed by atoms with E-state index >= 15 is 8.90 Å². The summed E-state index contributed by atoms with van der Waals surface area (Å²) in [6.45, 7) is 6.44. The van der Waals surface area contributed by atoms with Crippen LogP contribution in [0.25, 0.3) is 0 Å². The van der Waals surface area contributed by atoms with Gasteiger partial charge in [0.05, 0.1) is 44.5 Å². The summed E-state index contributed by atoms with van der Waals surface area (Å²) in [7, 11) is -3.61. The van der Waals surface area contributed by atoms with Gasteiger partial charge in [-0.25, -0.2) is 9.59 Å². The lowest BCUT2D eigenvalue weighted by molar-refractivity contribution is -0.150. The first kappa shape index (κ1) is 35.6. The highest BCUT2D eigenvalue weighted by molar-refractivity contribution is 6.72. The molecule has 0 saturated carbocycles. The van der Waals surface area contributed by atoms with Gasteiger partial charge in [-0.1, -0.05) is 49.4 Å². The van der Waals surface area contributed by atoms with Crippen LogP contribution in [0.5, 0.6) is 0 Å². The Morgan fingerprint density at radius 1 is 0.923 bits per heavy atom. The molecule has 52 heavy (non-hydrogen) atoms. The number of halogens is 1. The summed E-state index contributed by atoms with van der Waals surface area (Å²) in [4.78, 5) is 60.2. The number of aliphatic hydroxyl groups excluding tert-OH is 1. The summed E-state index contributed by atoms with van der Waals surface area (Å²) in [6, 6.07) is 22.0. The summed E-state index contributed by atoms with van der Waals surface area (Å²) in [5, 5.41) is 9.84. The van der Waals surface area contributed by atoms with Gasteiger partial charge in [-0.3, -0.25) is 19.4 Å². The Labute approximate surface area is 302 Å². The van der Waals surface area contributed by atoms with E-state index in [0.717, 1.165) is 11.1 Å². The number of anilines is 3. The first-order chi connectivity index (χ1) is 24.9. The Morgan fingerprint density at radius 3 is 2.19 bits per heavy atom. The fraction of sp³-hybridized carbons (Fsp3) is 0.421. The van der Waals surface area contributed by atoms with Crippen LogP contribution in [0.15, 0.2) is 72.8 Å². The zero-order valence-electron chi connectivity index (χ0n) is 29.5. The van der Waals surface area contributed by atoms with E-state index in [1.807, 2.05) is 55.5 Å². The van der Waals surface area contributed by atoms with Crippen LogP contribution < -0.4 is 14.7 Å². The molecule has 0 radical (unpaired) electrons. The molecular formula is C38H43FN4O8Si. The Hall–Kier alpha value is -4.79. The number of nitrogens with zero attached hydrogens (tertiary/aromatic N) is 4. The molecule has 1 spiro atoms. The van der Waals surface area contributed by atoms with Crippen molar-refractivity contribution in [2.45, 2.75) is 56.8 Å². The Kier molecular flexibility index (Phi) is 9.57. The van der Waals surface area contributed by atoms with Crippen LogP contribution in [-0.2, 0) is 42.5 Å². The molecular weight excluding hydrogens is 688 g/mol. The minimum absolute atomic E-state index is 0.0846. The molecule has 4 aliphatic heterocycles. The maximum Gasteiger partial charge on any atom is 0.414 e. The van der Waals surface area contributed by atoms with Gasteiger partial charge in [-0.15, -0.1) is 0 Å². The Morgan fingerprint density at radius 2 is 1.58 bits per heavy atom. The number of amides is 4. The molecule has 1 N–H and O–H groups in total. The highest BCUT2D eigenvalue weighted by atomic mass is 28.4. The first-order valence-electron chi connectivity index (χ1n) is 17.7. The van der Waals surface area contributed by atoms with Gasteiger partial charge in [-0.05, 0) is 54.6 Å². The summed E-state index contributed by atoms with van der Waals surface area (Å²) >= 11 is 0. The second kappa shape index (κ2) is 14.0. The van der Waals surface area contributed by atoms with E-state index in [4.69, 9.17) is 14.2 Å². The van der Waals surface area contributed by atoms with E-state index in [2.05, 4.69) is 0 Å². The quantitative estimate of drug-likeness (QED) is 0.207. The third-order valence-corrected chi connectivity index (χ3v) is 13.1. The van der Waals surface area contributed by atoms with Gasteiger partial charge in [-0.2, -0.15) is 0 Å². The molecule has 4 atom stereocenters. The van der Waals surface area contributed by atoms with E-state index in [1.54, 1.807) is 42.3 Å². The number of hydrogen-bond acceptors (Lipinski definition) is 8. The van der Waals surface area contributed by atoms with E-state index in [9.17, 15) is 19.5 Å². The van der Waals surface area contributed by atoms with Crippen molar-refractivity contribution in [2.75, 3.05) is 54.2 Å². The normalized spacial score (nSPS) is 24.1. The lowest BCUT2D eigenvalue weighted by Crippen LogP contribution is -2.45. The summed E-state index contributed by atoms with van der Waals surface area (Å²) in [6.07, 6.45) is -2.06. The molecule has 0 bridgehead atoms. The van der Waals surface area contributed by atoms with Gasteiger partial charge in [0.15, 0.2) is 5.60 Å². The average Bonchev–Trinajstić information content (AvgIpc) is 3.87. The minimum Gasteiger partial charge on any atom is -0.447 e. The van der Waals surface area contributed by atoms with Gasteiger partial charge in [0.25, 0.3) is 5.91 Å². The molecule has 0 aromatic heterocycles. The Balaban J connectivity index is 1.26. The minimum atomic E-state index is -3.61. The number of benzene rings is 3. The SMILES string of the molecule is C[C@@H]1[C@@H]([Si](C)(C)F)[C@H](CC(=O)N(CCO)Cc2ccccc2)O[C@@]12C(=O)N(Cc1cccc(N3CCOC3=O)c1)c1ccc(N3CCOC3=O)cc12. The monoisotopic (exact) mass is 730 g/mol. The average molecular weight is 731 g/mol. The molecule has 0 aliphatic carbocycles. The Bertz CT molecular complexity index is 1870. The van der Waals surface area contributed by atoms with Crippen molar-refractivity contribution in [2.24, 2.45) is 5.92 Å². The molecule has 4 aliphatic rings. The van der Waals surface area contributed by atoms with Crippen LogP contribution in [0.4, 0.5) is 30.8 Å². The molecule has 3 fully saturated rings. The largest absolute Gasteiger partial charge is 0.447 e. The van der Waals surface area contributed by atoms with Crippen LogP contribution in [0, 0.1) is 5.92 Å². The van der Waals surface area contributed by atoms with Crippen molar-refractivity contribution in [3.05, 3.63) is 89.5 Å². The number of ether oxygens (including phenoxy) is 3. The predicted molar refractivity (Wildman–Crippen MR) is 193 cm³/mol. The molecule has 14 heteroatoms. The van der Waals surface area contributed by atoms with Crippen molar-refractivity contribution < 1.29 is 42.6 Å². The molecule has 0 unspecified atom stereocenters. The maximum absolute atomic E-state index is 16.6. The van der Waals surface area contributed by atoms with Crippen LogP contribution in [-0.4, -0.2) is 88.0 Å². The molecule has 3 saturated heterocycles. The second-order valence-electron chi connectivity index (χ2n) is 14.3. The zero-order valence-corrected chi connectivity index (χ0v) is 30.5. The van der Waals surface area contributed by atoms with E-state index in [-0.39, 0.29) is 51.8 Å². The van der Waals surface area contributed by atoms with E-state index < -0.39 is 49.7 Å². The van der Waals surface area contributed by atoms with Crippen molar-refractivity contribution in [1.29, 1.82) is 0 Å². The van der Waals surface area contributed by atoms with Gasteiger partial charge < -0.3 is 33.2 Å². The highest BCUT2D eigenvalue weighted by Gasteiger charge is 2.67. The second-order valence-corrected chi connectivity index (χ2v) is 18.1. The van der Waals surface area contributed by atoms with Gasteiger partial charge >= 0.3 is 12.2 Å². The molecule has 7 rings (SSSR count). The number of fused-ring (bicyclic) bond motifs is 2. The molecule has 274 valence electrons. The fourth-order valence-electron chi connectivity index (χ4n) is 8.34. The lowest BCUT2D eigenvalue weighted by Gasteiger charge is -2.31. The zero-order chi connectivity index (χ0) is 36.8. The van der Waals surface area contributed by atoms with E-state index in [1.165, 1.54) is 14.7 Å². The van der Waals surface area contributed by atoms with Crippen molar-refractivity contribution in [3.8, 4) is 0 Å². The smallest absolute Gasteiger partial charge is 0.414 e. The topological polar surface area (TPSA) is 129 Å². The standard InChI is InChI=1S/C38H43FN4O8Si/c1-25-34(52(2,3)39)32(22-33(45)40(14-17-44)23-26-8-5-4-6-9-26)51-38(25)30-21-29(42-16-19-50-37(42)48)12-13-31(30)43(35(38)46)24-27-10-7-11-28(20-27)41-15-18-49-36(41)47/h4-13,20-21,25,32,34,44H,14-19,22-24H2,1-3H3/t25-,32+,34-,38+/m1/s1. The number of hydrogen-bond donors (Lipinski definition) is 1. The summed E-state index contributed by atoms with van der Waals surface area (Å²) < 4.78 is 33.8. The predicted octanol–water partition coefficient (Wildman–Crippen LogP) is 5.33. The maximum atomic E-state index is 16.6. The molecule has 3 aromatic rings. The molecule has 4 heterocycles. The van der Waals surface area contributed by atoms with Crippen LogP contribution in [0.2, 0.25) is 18.6 Å². The van der Waals surface area contributed by atoms with Crippen molar-refractivity contribution in [3.63, 3.8) is 0 Å². The van der Waals surface area contributed by atoms with Crippen LogP contribution in [0.3, 0.4) is 0 Å². The number of aliphatic hydroxyl groups is 1. The van der Waals surface area contributed by atoms with Crippen LogP contribution in [0.1, 0.15) is 30.0 Å². The first-order valence-corrected chi connectivity index (χ1v) is 20.6. The third-order valence-electron chi connectivity index (χ3n) is 10.7. The highest BCUT2D eigenvalue weighted by Crippen LogP contribution is 2.61. The number of rotatable bonds is 11. The van der Waals surface area contributed by atoms with Gasteiger partial charge in [0, 0.05) is 41.5 Å². The molecule has 12 nitrogen and oxygen atoms in total. The van der Waals surface area contributed by atoms with Gasteiger partial charge in [0.2, 0.25) is 14.3 Å². The fourth-order valence-corrected chi connectivity index (χ4v) is 10.8. The lowest BCUT2D eigenvalue weighted by atomic mass is 9.82.